The summed E-state index contributed by atoms with van der Waals surface area (Å²) in [7, 11) is 0. The van der Waals surface area contributed by atoms with Gasteiger partial charge in [0.1, 0.15) is 5.82 Å². The molecule has 0 unspecified atom stereocenters. The van der Waals surface area contributed by atoms with Crippen molar-refractivity contribution in [3.63, 3.8) is 0 Å². The number of nitrogens with zero attached hydrogens (tertiary/aromatic N) is 3. The minimum atomic E-state index is -0.0363. The molecule has 6 heteroatoms. The fourth-order valence-electron chi connectivity index (χ4n) is 4.32. The van der Waals surface area contributed by atoms with E-state index < -0.39 is 0 Å². The van der Waals surface area contributed by atoms with Crippen LogP contribution in [0.1, 0.15) is 34.6 Å². The summed E-state index contributed by atoms with van der Waals surface area (Å²) in [5, 5.41) is 0. The quantitative estimate of drug-likeness (QED) is 0.470. The molecular weight excluding hydrogens is 404 g/mol. The van der Waals surface area contributed by atoms with Gasteiger partial charge in [-0.1, -0.05) is 54.1 Å². The maximum Gasteiger partial charge on any atom is 0.255 e. The number of aromatic nitrogens is 4. The summed E-state index contributed by atoms with van der Waals surface area (Å²) in [4.78, 5) is 19.6. The van der Waals surface area contributed by atoms with Crippen molar-refractivity contribution >= 4 is 12.2 Å². The van der Waals surface area contributed by atoms with E-state index in [1.807, 2.05) is 17.0 Å². The normalized spacial score (nSPS) is 12.8. The van der Waals surface area contributed by atoms with Gasteiger partial charge in [-0.25, -0.2) is 4.98 Å². The number of benzene rings is 2. The molecule has 0 saturated carbocycles. The second kappa shape index (κ2) is 8.12. The predicted molar refractivity (Wildman–Crippen MR) is 125 cm³/mol. The lowest BCUT2D eigenvalue weighted by Crippen LogP contribution is -2.21. The number of rotatable bonds is 5. The Balaban J connectivity index is 1.38. The minimum Gasteiger partial charge on any atom is -0.329 e. The van der Waals surface area contributed by atoms with E-state index in [2.05, 4.69) is 70.0 Å². The van der Waals surface area contributed by atoms with Crippen molar-refractivity contribution in [2.24, 2.45) is 0 Å². The number of aromatic amines is 1. The summed E-state index contributed by atoms with van der Waals surface area (Å²) in [5.41, 5.74) is 6.81. The molecule has 1 aliphatic carbocycles. The molecule has 2 aromatic heterocycles. The summed E-state index contributed by atoms with van der Waals surface area (Å²) in [5.74, 6) is 0.930. The zero-order chi connectivity index (χ0) is 21.4. The highest BCUT2D eigenvalue weighted by molar-refractivity contribution is 7.71. The average Bonchev–Trinajstić information content (AvgIpc) is 3.42. The number of aryl methyl sites for hydroxylation is 1. The Kier molecular flexibility index (Phi) is 5.16. The van der Waals surface area contributed by atoms with Gasteiger partial charge in [0.25, 0.3) is 5.56 Å². The zero-order valence-corrected chi connectivity index (χ0v) is 18.3. The molecule has 1 N–H and O–H groups in total. The molecular formula is C25H24N4OS. The Morgan fingerprint density at radius 2 is 1.71 bits per heavy atom. The highest BCUT2D eigenvalue weighted by atomic mass is 32.1. The van der Waals surface area contributed by atoms with Gasteiger partial charge in [0.05, 0.1) is 6.54 Å². The first-order chi connectivity index (χ1) is 15.1. The fourth-order valence-corrected chi connectivity index (χ4v) is 4.59. The third-order valence-corrected chi connectivity index (χ3v) is 6.37. The number of hydrogen-bond donors (Lipinski definition) is 1. The monoisotopic (exact) mass is 428 g/mol. The standard InChI is InChI=1S/C25H24N4OS/c1-17-5-9-19(10-6-17)20-11-7-18(8-12-20)15-28-14-13-26-23(28)16-29-22-4-2-3-21(22)24(30)27-25(29)31/h5-14H,2-4,15-16H2,1H3,(H,27,30,31). The summed E-state index contributed by atoms with van der Waals surface area (Å²) < 4.78 is 4.66. The zero-order valence-electron chi connectivity index (χ0n) is 17.5. The second-order valence-corrected chi connectivity index (χ2v) is 8.55. The van der Waals surface area contributed by atoms with Crippen LogP contribution in [0.2, 0.25) is 0 Å². The van der Waals surface area contributed by atoms with E-state index in [9.17, 15) is 4.79 Å². The van der Waals surface area contributed by atoms with Gasteiger partial charge in [0.2, 0.25) is 0 Å². The molecule has 0 saturated heterocycles. The van der Waals surface area contributed by atoms with E-state index in [1.165, 1.54) is 22.3 Å². The lowest BCUT2D eigenvalue weighted by molar-refractivity contribution is 0.626. The number of imidazole rings is 1. The van der Waals surface area contributed by atoms with Crippen molar-refractivity contribution in [1.82, 2.24) is 19.1 Å². The van der Waals surface area contributed by atoms with Crippen molar-refractivity contribution in [1.29, 1.82) is 0 Å². The van der Waals surface area contributed by atoms with Crippen LogP contribution in [-0.4, -0.2) is 19.1 Å². The third-order valence-electron chi connectivity index (χ3n) is 6.05. The van der Waals surface area contributed by atoms with Gasteiger partial charge in [-0.05, 0) is 55.1 Å². The summed E-state index contributed by atoms with van der Waals surface area (Å²) >= 11 is 5.47. The maximum absolute atomic E-state index is 12.2. The number of nitrogens with one attached hydrogen (secondary N) is 1. The van der Waals surface area contributed by atoms with E-state index in [1.54, 1.807) is 0 Å². The molecule has 4 aromatic rings. The summed E-state index contributed by atoms with van der Waals surface area (Å²) in [6.07, 6.45) is 6.54. The lowest BCUT2D eigenvalue weighted by Gasteiger charge is -2.14. The Morgan fingerprint density at radius 3 is 2.45 bits per heavy atom. The number of hydrogen-bond acceptors (Lipinski definition) is 3. The number of H-pyrrole nitrogens is 1. The van der Waals surface area contributed by atoms with Crippen molar-refractivity contribution in [3.8, 4) is 11.1 Å². The van der Waals surface area contributed by atoms with E-state index in [-0.39, 0.29) is 5.56 Å². The Hall–Kier alpha value is -3.25. The molecule has 2 aromatic carbocycles. The molecule has 0 atom stereocenters. The van der Waals surface area contributed by atoms with E-state index >= 15 is 0 Å². The van der Waals surface area contributed by atoms with Crippen molar-refractivity contribution < 1.29 is 0 Å². The molecule has 5 nitrogen and oxygen atoms in total. The molecule has 0 spiro atoms. The second-order valence-electron chi connectivity index (χ2n) is 8.16. The van der Waals surface area contributed by atoms with Gasteiger partial charge in [0, 0.05) is 30.2 Å². The molecule has 5 rings (SSSR count). The van der Waals surface area contributed by atoms with Crippen LogP contribution < -0.4 is 5.56 Å². The van der Waals surface area contributed by atoms with Crippen LogP contribution in [0, 0.1) is 11.7 Å². The minimum absolute atomic E-state index is 0.0363. The Labute approximate surface area is 186 Å². The predicted octanol–water partition coefficient (Wildman–Crippen LogP) is 4.66. The first-order valence-corrected chi connectivity index (χ1v) is 11.0. The molecule has 0 radical (unpaired) electrons. The van der Waals surface area contributed by atoms with Gasteiger partial charge in [-0.2, -0.15) is 0 Å². The fraction of sp³-hybridized carbons (Fsp3) is 0.240. The van der Waals surface area contributed by atoms with Gasteiger partial charge >= 0.3 is 0 Å². The highest BCUT2D eigenvalue weighted by Gasteiger charge is 2.19. The van der Waals surface area contributed by atoms with Crippen molar-refractivity contribution in [2.45, 2.75) is 39.3 Å². The maximum atomic E-state index is 12.2. The van der Waals surface area contributed by atoms with Gasteiger partial charge in [-0.15, -0.1) is 0 Å². The number of fused-ring (bicyclic) bond motifs is 1. The van der Waals surface area contributed by atoms with Crippen molar-refractivity contribution in [2.75, 3.05) is 0 Å². The molecule has 2 heterocycles. The molecule has 1 aliphatic rings. The highest BCUT2D eigenvalue weighted by Crippen LogP contribution is 2.22. The van der Waals surface area contributed by atoms with Gasteiger partial charge in [-0.3, -0.25) is 9.78 Å². The first-order valence-electron chi connectivity index (χ1n) is 10.6. The molecule has 156 valence electrons. The summed E-state index contributed by atoms with van der Waals surface area (Å²) in [6.45, 7) is 3.40. The largest absolute Gasteiger partial charge is 0.329 e. The van der Waals surface area contributed by atoms with Crippen LogP contribution in [0.25, 0.3) is 11.1 Å². The molecule has 0 aliphatic heterocycles. The van der Waals surface area contributed by atoms with Crippen LogP contribution in [0.3, 0.4) is 0 Å². The van der Waals surface area contributed by atoms with Crippen LogP contribution >= 0.6 is 12.2 Å². The topological polar surface area (TPSA) is 55.6 Å². The molecule has 0 bridgehead atoms. The van der Waals surface area contributed by atoms with Crippen LogP contribution in [0.5, 0.6) is 0 Å². The molecule has 31 heavy (non-hydrogen) atoms. The summed E-state index contributed by atoms with van der Waals surface area (Å²) in [6, 6.07) is 17.3. The SMILES string of the molecule is Cc1ccc(-c2ccc(Cn3ccnc3Cn3c4c(c(=O)[nH]c3=S)CCC4)cc2)cc1. The lowest BCUT2D eigenvalue weighted by atomic mass is 10.0. The van der Waals surface area contributed by atoms with Gasteiger partial charge in [0.15, 0.2) is 4.77 Å². The van der Waals surface area contributed by atoms with Crippen LogP contribution in [0.4, 0.5) is 0 Å². The van der Waals surface area contributed by atoms with Crippen LogP contribution in [0.15, 0.2) is 65.7 Å². The Morgan fingerprint density at radius 1 is 1.00 bits per heavy atom. The van der Waals surface area contributed by atoms with Gasteiger partial charge < -0.3 is 9.13 Å². The molecule has 0 fully saturated rings. The van der Waals surface area contributed by atoms with E-state index in [0.717, 1.165) is 42.9 Å². The third kappa shape index (κ3) is 3.91. The van der Waals surface area contributed by atoms with Crippen molar-refractivity contribution in [3.05, 3.63) is 104 Å². The molecule has 0 amide bonds. The Bertz CT molecular complexity index is 1340. The smallest absolute Gasteiger partial charge is 0.255 e. The average molecular weight is 429 g/mol. The van der Waals surface area contributed by atoms with E-state index in [0.29, 0.717) is 11.3 Å². The van der Waals surface area contributed by atoms with E-state index in [4.69, 9.17) is 12.2 Å². The first kappa shape index (κ1) is 19.7. The van der Waals surface area contributed by atoms with Crippen LogP contribution in [-0.2, 0) is 25.9 Å².